The largest absolute Gasteiger partial charge is 0.322 e. The van der Waals surface area contributed by atoms with Gasteiger partial charge in [0.05, 0.1) is 39.2 Å². The molecule has 1 N–H and O–H groups in total. The van der Waals surface area contributed by atoms with Crippen LogP contribution in [-0.4, -0.2) is 19.5 Å². The van der Waals surface area contributed by atoms with E-state index in [1.54, 1.807) is 5.51 Å². The molecule has 144 valence electrons. The highest BCUT2D eigenvalue weighted by molar-refractivity contribution is 7.13. The number of aryl methyl sites for hydroxylation is 1. The number of H-pyrrole nitrogens is 1. The zero-order valence-corrected chi connectivity index (χ0v) is 16.1. The van der Waals surface area contributed by atoms with Gasteiger partial charge in [0.25, 0.3) is 0 Å². The lowest BCUT2D eigenvalue weighted by Gasteiger charge is -2.11. The molecule has 0 radical (unpaired) electrons. The molecule has 0 saturated carbocycles. The van der Waals surface area contributed by atoms with E-state index in [0.717, 1.165) is 39.6 Å². The number of hydrogen-bond donors (Lipinski definition) is 1. The molecule has 0 fully saturated rings. The zero-order valence-electron chi connectivity index (χ0n) is 15.2. The summed E-state index contributed by atoms with van der Waals surface area (Å²) in [6, 6.07) is 11.2. The van der Waals surface area contributed by atoms with Gasteiger partial charge in [0.1, 0.15) is 0 Å². The minimum absolute atomic E-state index is 0.256. The predicted molar refractivity (Wildman–Crippen MR) is 109 cm³/mol. The first-order valence-electron chi connectivity index (χ1n) is 8.88. The third-order valence-electron chi connectivity index (χ3n) is 4.90. The Morgan fingerprint density at radius 3 is 2.72 bits per heavy atom. The number of nitrogens with one attached hydrogen (secondary N) is 1. The first-order chi connectivity index (χ1) is 14.0. The zero-order chi connectivity index (χ0) is 20.1. The van der Waals surface area contributed by atoms with Crippen LogP contribution in [0.4, 0.5) is 8.78 Å². The molecule has 0 aliphatic heterocycles. The lowest BCUT2D eigenvalue weighted by atomic mass is 10.1. The maximum Gasteiger partial charge on any atom is 0.248 e. The quantitative estimate of drug-likeness (QED) is 0.473. The van der Waals surface area contributed by atoms with Gasteiger partial charge >= 0.3 is 0 Å². The van der Waals surface area contributed by atoms with Crippen molar-refractivity contribution < 1.29 is 8.78 Å². The molecule has 3 aromatic heterocycles. The van der Waals surface area contributed by atoms with Crippen molar-refractivity contribution in [3.63, 3.8) is 0 Å². The van der Waals surface area contributed by atoms with E-state index in [-0.39, 0.29) is 17.6 Å². The summed E-state index contributed by atoms with van der Waals surface area (Å²) in [5.74, 6) is -1.23. The van der Waals surface area contributed by atoms with Gasteiger partial charge in [-0.3, -0.25) is 4.79 Å². The molecule has 0 spiro atoms. The number of imidazole rings is 1. The fourth-order valence-corrected chi connectivity index (χ4v) is 4.35. The lowest BCUT2D eigenvalue weighted by Crippen LogP contribution is -2.11. The van der Waals surface area contributed by atoms with Crippen LogP contribution in [0.2, 0.25) is 0 Å². The number of rotatable bonds is 3. The minimum atomic E-state index is -1.00. The molecular formula is C21H14F2N4OS. The summed E-state index contributed by atoms with van der Waals surface area (Å²) in [6.07, 6.45) is 0. The number of benzene rings is 2. The molecule has 0 atom stereocenters. The van der Waals surface area contributed by atoms with Gasteiger partial charge in [-0.05, 0) is 30.7 Å². The summed E-state index contributed by atoms with van der Waals surface area (Å²) in [7, 11) is 0. The van der Waals surface area contributed by atoms with E-state index in [1.165, 1.54) is 17.4 Å². The number of aromatic nitrogens is 4. The molecule has 5 aromatic rings. The second-order valence-electron chi connectivity index (χ2n) is 6.75. The Bertz CT molecular complexity index is 1450. The summed E-state index contributed by atoms with van der Waals surface area (Å²) >= 11 is 1.48. The van der Waals surface area contributed by atoms with Crippen molar-refractivity contribution in [2.75, 3.05) is 0 Å². The molecule has 2 aromatic carbocycles. The normalized spacial score (nSPS) is 11.6. The minimum Gasteiger partial charge on any atom is -0.322 e. The fraction of sp³-hybridized carbons (Fsp3) is 0.0952. The number of aromatic amines is 1. The summed E-state index contributed by atoms with van der Waals surface area (Å²) in [5, 5.41) is 0.452. The summed E-state index contributed by atoms with van der Waals surface area (Å²) < 4.78 is 29.6. The topological polar surface area (TPSA) is 63.6 Å². The van der Waals surface area contributed by atoms with Gasteiger partial charge in [0.15, 0.2) is 17.5 Å². The Balaban J connectivity index is 1.77. The van der Waals surface area contributed by atoms with Gasteiger partial charge in [-0.15, -0.1) is 11.3 Å². The van der Waals surface area contributed by atoms with Gasteiger partial charge in [-0.25, -0.2) is 18.7 Å². The molecule has 0 saturated heterocycles. The summed E-state index contributed by atoms with van der Waals surface area (Å²) in [4.78, 5) is 24.7. The van der Waals surface area contributed by atoms with E-state index in [4.69, 9.17) is 4.98 Å². The van der Waals surface area contributed by atoms with Crippen LogP contribution in [0, 0.1) is 18.6 Å². The molecule has 0 aliphatic carbocycles. The number of nitrogens with zero attached hydrogens (tertiary/aromatic N) is 3. The standard InChI is InChI=1S/C21H14F2N4OS/c1-11-20(29-10-24-11)21-26-16-4-2-3-5-18(16)27(21)9-12-6-19(28)25-17-8-15(23)14(22)7-13(12)17/h2-8,10H,9H2,1H3,(H,25,28). The highest BCUT2D eigenvalue weighted by atomic mass is 32.1. The molecule has 29 heavy (non-hydrogen) atoms. The van der Waals surface area contributed by atoms with Crippen molar-refractivity contribution in [2.45, 2.75) is 13.5 Å². The van der Waals surface area contributed by atoms with E-state index in [1.807, 2.05) is 35.8 Å². The maximum atomic E-state index is 13.9. The van der Waals surface area contributed by atoms with Gasteiger partial charge in [0, 0.05) is 17.5 Å². The van der Waals surface area contributed by atoms with Crippen LogP contribution < -0.4 is 5.56 Å². The van der Waals surface area contributed by atoms with Gasteiger partial charge in [-0.1, -0.05) is 12.1 Å². The average molecular weight is 408 g/mol. The predicted octanol–water partition coefficient (Wildman–Crippen LogP) is 4.64. The highest BCUT2D eigenvalue weighted by Gasteiger charge is 2.18. The summed E-state index contributed by atoms with van der Waals surface area (Å²) in [6.45, 7) is 2.19. The van der Waals surface area contributed by atoms with E-state index >= 15 is 0 Å². The number of para-hydroxylation sites is 2. The van der Waals surface area contributed by atoms with Crippen LogP contribution in [0.3, 0.4) is 0 Å². The van der Waals surface area contributed by atoms with Crippen molar-refractivity contribution in [2.24, 2.45) is 0 Å². The molecule has 8 heteroatoms. The Kier molecular flexibility index (Phi) is 4.02. The second-order valence-corrected chi connectivity index (χ2v) is 7.60. The lowest BCUT2D eigenvalue weighted by molar-refractivity contribution is 0.510. The molecule has 0 bridgehead atoms. The Morgan fingerprint density at radius 1 is 1.14 bits per heavy atom. The molecule has 3 heterocycles. The van der Waals surface area contributed by atoms with Crippen LogP contribution >= 0.6 is 11.3 Å². The van der Waals surface area contributed by atoms with Crippen molar-refractivity contribution in [3.8, 4) is 10.7 Å². The van der Waals surface area contributed by atoms with Gasteiger partial charge < -0.3 is 9.55 Å². The number of thiazole rings is 1. The van der Waals surface area contributed by atoms with Crippen molar-refractivity contribution in [3.05, 3.63) is 81.2 Å². The van der Waals surface area contributed by atoms with Crippen molar-refractivity contribution in [1.29, 1.82) is 0 Å². The number of fused-ring (bicyclic) bond motifs is 2. The Morgan fingerprint density at radius 2 is 1.93 bits per heavy atom. The molecular weight excluding hydrogens is 394 g/mol. The first-order valence-corrected chi connectivity index (χ1v) is 9.76. The van der Waals surface area contributed by atoms with Crippen LogP contribution in [0.25, 0.3) is 32.6 Å². The molecule has 0 aliphatic rings. The van der Waals surface area contributed by atoms with Crippen LogP contribution in [-0.2, 0) is 6.54 Å². The number of pyridine rings is 1. The SMILES string of the molecule is Cc1ncsc1-c1nc2ccccc2n1Cc1cc(=O)[nH]c2cc(F)c(F)cc12. The van der Waals surface area contributed by atoms with Gasteiger partial charge in [0.2, 0.25) is 5.56 Å². The van der Waals surface area contributed by atoms with Crippen molar-refractivity contribution >= 4 is 33.3 Å². The molecule has 5 rings (SSSR count). The molecule has 5 nitrogen and oxygen atoms in total. The van der Waals surface area contributed by atoms with Gasteiger partial charge in [-0.2, -0.15) is 0 Å². The molecule has 0 unspecified atom stereocenters. The first kappa shape index (κ1) is 17.7. The smallest absolute Gasteiger partial charge is 0.248 e. The average Bonchev–Trinajstić information content (AvgIpc) is 3.27. The Labute approximate surface area is 167 Å². The monoisotopic (exact) mass is 408 g/mol. The third-order valence-corrected chi connectivity index (χ3v) is 5.83. The van der Waals surface area contributed by atoms with Crippen LogP contribution in [0.5, 0.6) is 0 Å². The van der Waals surface area contributed by atoms with E-state index in [2.05, 4.69) is 9.97 Å². The second kappa shape index (κ2) is 6.59. The van der Waals surface area contributed by atoms with Crippen LogP contribution in [0.15, 0.2) is 52.8 Å². The number of halogens is 2. The van der Waals surface area contributed by atoms with Crippen LogP contribution in [0.1, 0.15) is 11.3 Å². The number of hydrogen-bond acceptors (Lipinski definition) is 4. The van der Waals surface area contributed by atoms with Crippen molar-refractivity contribution in [1.82, 2.24) is 19.5 Å². The fourth-order valence-electron chi connectivity index (χ4n) is 3.55. The van der Waals surface area contributed by atoms with E-state index < -0.39 is 11.6 Å². The van der Waals surface area contributed by atoms with E-state index in [9.17, 15) is 13.6 Å². The highest BCUT2D eigenvalue weighted by Crippen LogP contribution is 2.31. The Hall–Kier alpha value is -3.39. The molecule has 0 amide bonds. The van der Waals surface area contributed by atoms with E-state index in [0.29, 0.717) is 10.9 Å². The maximum absolute atomic E-state index is 13.9. The summed E-state index contributed by atoms with van der Waals surface area (Å²) in [5.41, 5.74) is 4.76. The third kappa shape index (κ3) is 2.92.